The molecule has 0 aliphatic heterocycles. The third-order valence-electron chi connectivity index (χ3n) is 3.09. The highest BCUT2D eigenvalue weighted by Crippen LogP contribution is 2.27. The standard InChI is InChI=1S/C13H9ClN2O3/c14-6-5-9-15-10-11(16(9)19)13(18)8-4-2-1-3-7(8)12(10)17/h1-4,19H,5-6H2. The number of aryl methyl sites for hydroxylation is 1. The second kappa shape index (κ2) is 4.20. The van der Waals surface area contributed by atoms with Gasteiger partial charge in [-0.1, -0.05) is 24.3 Å². The smallest absolute Gasteiger partial charge is 0.216 e. The number of ketones is 2. The fourth-order valence-electron chi connectivity index (χ4n) is 2.20. The van der Waals surface area contributed by atoms with Crippen LogP contribution in [0.15, 0.2) is 24.3 Å². The maximum absolute atomic E-state index is 12.3. The van der Waals surface area contributed by atoms with Crippen LogP contribution in [0.1, 0.15) is 37.9 Å². The fourth-order valence-corrected chi connectivity index (χ4v) is 2.37. The maximum Gasteiger partial charge on any atom is 0.216 e. The van der Waals surface area contributed by atoms with Crippen LogP contribution in [0.25, 0.3) is 0 Å². The third-order valence-corrected chi connectivity index (χ3v) is 3.28. The first-order valence-corrected chi connectivity index (χ1v) is 6.24. The summed E-state index contributed by atoms with van der Waals surface area (Å²) in [6, 6.07) is 6.50. The quantitative estimate of drug-likeness (QED) is 0.571. The predicted molar refractivity (Wildman–Crippen MR) is 67.1 cm³/mol. The normalized spacial score (nSPS) is 13.3. The second-order valence-electron chi connectivity index (χ2n) is 4.18. The number of imidazole rings is 1. The van der Waals surface area contributed by atoms with Gasteiger partial charge in [-0.15, -0.1) is 11.6 Å². The summed E-state index contributed by atoms with van der Waals surface area (Å²) in [6.45, 7) is 0. The maximum atomic E-state index is 12.3. The molecule has 1 aromatic carbocycles. The van der Waals surface area contributed by atoms with Gasteiger partial charge in [0.05, 0.1) is 0 Å². The summed E-state index contributed by atoms with van der Waals surface area (Å²) in [5, 5.41) is 9.94. The van der Waals surface area contributed by atoms with Gasteiger partial charge in [0.15, 0.2) is 5.69 Å². The van der Waals surface area contributed by atoms with Gasteiger partial charge >= 0.3 is 0 Å². The molecule has 0 radical (unpaired) electrons. The molecule has 1 N–H and O–H groups in total. The number of carbonyl (C=O) groups is 2. The minimum Gasteiger partial charge on any atom is -0.426 e. The van der Waals surface area contributed by atoms with Gasteiger partial charge in [-0.05, 0) is 0 Å². The number of hydrogen-bond acceptors (Lipinski definition) is 4. The lowest BCUT2D eigenvalue weighted by atomic mass is 9.90. The van der Waals surface area contributed by atoms with Crippen LogP contribution in [0.5, 0.6) is 0 Å². The predicted octanol–water partition coefficient (Wildman–Crippen LogP) is 1.68. The van der Waals surface area contributed by atoms with Gasteiger partial charge in [0.1, 0.15) is 11.5 Å². The van der Waals surface area contributed by atoms with Crippen molar-refractivity contribution in [3.05, 3.63) is 52.6 Å². The number of aromatic nitrogens is 2. The van der Waals surface area contributed by atoms with Crippen molar-refractivity contribution in [2.24, 2.45) is 0 Å². The molecule has 1 aromatic heterocycles. The molecule has 0 saturated carbocycles. The van der Waals surface area contributed by atoms with Crippen LogP contribution in [-0.2, 0) is 6.42 Å². The van der Waals surface area contributed by atoms with Crippen molar-refractivity contribution in [1.29, 1.82) is 0 Å². The molecule has 0 spiro atoms. The topological polar surface area (TPSA) is 72.2 Å². The molecule has 6 heteroatoms. The Balaban J connectivity index is 2.24. The summed E-state index contributed by atoms with van der Waals surface area (Å²) in [4.78, 5) is 28.6. The van der Waals surface area contributed by atoms with E-state index in [1.807, 2.05) is 0 Å². The SMILES string of the molecule is O=C1c2ccccc2C(=O)c2c1nc(CCCl)n2O. The molecule has 2 aromatic rings. The van der Waals surface area contributed by atoms with Crippen LogP contribution >= 0.6 is 11.6 Å². The van der Waals surface area contributed by atoms with E-state index in [4.69, 9.17) is 11.6 Å². The highest BCUT2D eigenvalue weighted by atomic mass is 35.5. The fraction of sp³-hybridized carbons (Fsp3) is 0.154. The lowest BCUT2D eigenvalue weighted by Gasteiger charge is -2.13. The van der Waals surface area contributed by atoms with E-state index in [0.717, 1.165) is 0 Å². The Morgan fingerprint density at radius 1 is 1.16 bits per heavy atom. The van der Waals surface area contributed by atoms with Crippen molar-refractivity contribution in [2.75, 3.05) is 5.88 Å². The summed E-state index contributed by atoms with van der Waals surface area (Å²) in [5.41, 5.74) is 0.512. The highest BCUT2D eigenvalue weighted by molar-refractivity contribution is 6.27. The molecule has 0 unspecified atom stereocenters. The molecule has 0 amide bonds. The molecule has 3 rings (SSSR count). The number of carbonyl (C=O) groups excluding carboxylic acids is 2. The van der Waals surface area contributed by atoms with Gasteiger partial charge in [-0.3, -0.25) is 9.59 Å². The van der Waals surface area contributed by atoms with Gasteiger partial charge in [-0.2, -0.15) is 4.73 Å². The van der Waals surface area contributed by atoms with Gasteiger partial charge in [-0.25, -0.2) is 4.98 Å². The van der Waals surface area contributed by atoms with E-state index in [1.54, 1.807) is 24.3 Å². The average molecular weight is 277 g/mol. The first kappa shape index (κ1) is 11.9. The molecular formula is C13H9ClN2O3. The second-order valence-corrected chi connectivity index (χ2v) is 4.56. The number of nitrogens with zero attached hydrogens (tertiary/aromatic N) is 2. The first-order valence-electron chi connectivity index (χ1n) is 5.70. The number of hydrogen-bond donors (Lipinski definition) is 1. The number of benzene rings is 1. The largest absolute Gasteiger partial charge is 0.426 e. The molecule has 0 bridgehead atoms. The molecule has 0 atom stereocenters. The first-order chi connectivity index (χ1) is 9.15. The van der Waals surface area contributed by atoms with E-state index < -0.39 is 5.78 Å². The van der Waals surface area contributed by atoms with E-state index in [0.29, 0.717) is 10.3 Å². The summed E-state index contributed by atoms with van der Waals surface area (Å²) in [5.74, 6) is -0.296. The van der Waals surface area contributed by atoms with E-state index in [-0.39, 0.29) is 40.9 Å². The van der Waals surface area contributed by atoms with Gasteiger partial charge in [0, 0.05) is 23.4 Å². The molecular weight excluding hydrogens is 268 g/mol. The Bertz CT molecular complexity index is 706. The lowest BCUT2D eigenvalue weighted by molar-refractivity contribution is 0.0935. The van der Waals surface area contributed by atoms with Crippen LogP contribution in [0.4, 0.5) is 0 Å². The number of fused-ring (bicyclic) bond motifs is 2. The zero-order valence-corrected chi connectivity index (χ0v) is 10.5. The minimum absolute atomic E-state index is 0.00804. The Labute approximate surface area is 113 Å². The summed E-state index contributed by atoms with van der Waals surface area (Å²) in [7, 11) is 0. The molecule has 1 heterocycles. The van der Waals surface area contributed by atoms with Crippen molar-refractivity contribution < 1.29 is 14.8 Å². The van der Waals surface area contributed by atoms with Crippen molar-refractivity contribution in [3.63, 3.8) is 0 Å². The zero-order chi connectivity index (χ0) is 13.6. The van der Waals surface area contributed by atoms with E-state index in [9.17, 15) is 14.8 Å². The van der Waals surface area contributed by atoms with Gasteiger partial charge in [0.2, 0.25) is 11.6 Å². The number of rotatable bonds is 2. The summed E-state index contributed by atoms with van der Waals surface area (Å²) >= 11 is 5.60. The molecule has 0 saturated heterocycles. The highest BCUT2D eigenvalue weighted by Gasteiger charge is 2.35. The molecule has 96 valence electrons. The Morgan fingerprint density at radius 2 is 1.79 bits per heavy atom. The number of alkyl halides is 1. The zero-order valence-electron chi connectivity index (χ0n) is 9.76. The molecule has 19 heavy (non-hydrogen) atoms. The van der Waals surface area contributed by atoms with Crippen molar-refractivity contribution >= 4 is 23.2 Å². The van der Waals surface area contributed by atoms with Crippen LogP contribution in [-0.4, -0.2) is 32.4 Å². The molecule has 0 fully saturated rings. The monoisotopic (exact) mass is 276 g/mol. The average Bonchev–Trinajstić information content (AvgIpc) is 2.75. The van der Waals surface area contributed by atoms with Crippen molar-refractivity contribution in [3.8, 4) is 0 Å². The molecule has 1 aliphatic carbocycles. The van der Waals surface area contributed by atoms with Crippen molar-refractivity contribution in [1.82, 2.24) is 9.71 Å². The minimum atomic E-state index is -0.402. The molecule has 5 nitrogen and oxygen atoms in total. The van der Waals surface area contributed by atoms with Crippen LogP contribution in [0.3, 0.4) is 0 Å². The summed E-state index contributed by atoms with van der Waals surface area (Å²) < 4.78 is 0.674. The summed E-state index contributed by atoms with van der Waals surface area (Å²) in [6.07, 6.45) is 0.280. The Hall–Kier alpha value is -2.14. The molecule has 1 aliphatic rings. The van der Waals surface area contributed by atoms with E-state index in [1.165, 1.54) is 0 Å². The van der Waals surface area contributed by atoms with Crippen LogP contribution in [0.2, 0.25) is 0 Å². The van der Waals surface area contributed by atoms with E-state index in [2.05, 4.69) is 4.98 Å². The number of halogens is 1. The lowest BCUT2D eigenvalue weighted by Crippen LogP contribution is -2.22. The Kier molecular flexibility index (Phi) is 2.64. The van der Waals surface area contributed by atoms with Crippen LogP contribution < -0.4 is 0 Å². The Morgan fingerprint density at radius 3 is 2.42 bits per heavy atom. The van der Waals surface area contributed by atoms with Gasteiger partial charge in [0.25, 0.3) is 0 Å². The van der Waals surface area contributed by atoms with E-state index >= 15 is 0 Å². The van der Waals surface area contributed by atoms with Gasteiger partial charge < -0.3 is 5.21 Å². The van der Waals surface area contributed by atoms with Crippen molar-refractivity contribution in [2.45, 2.75) is 6.42 Å². The third kappa shape index (κ3) is 1.58. The van der Waals surface area contributed by atoms with Crippen LogP contribution in [0, 0.1) is 0 Å².